The first-order valence-electron chi connectivity index (χ1n) is 18.5. The number of nitrogens with zero attached hydrogens (tertiary/aromatic N) is 2. The highest BCUT2D eigenvalue weighted by Gasteiger charge is 2.17. The minimum absolute atomic E-state index is 1.10. The van der Waals surface area contributed by atoms with Crippen LogP contribution in [0.15, 0.2) is 218 Å². The Hall–Kier alpha value is -7.16. The Morgan fingerprint density at radius 1 is 0.278 bits per heavy atom. The molecule has 0 unspecified atom stereocenters. The van der Waals surface area contributed by atoms with Crippen molar-refractivity contribution in [1.82, 2.24) is 4.57 Å². The van der Waals surface area contributed by atoms with E-state index in [0.717, 1.165) is 17.1 Å². The van der Waals surface area contributed by atoms with Crippen LogP contribution in [0.2, 0.25) is 0 Å². The minimum atomic E-state index is 1.10. The fourth-order valence-electron chi connectivity index (χ4n) is 8.03. The molecule has 1 aromatic heterocycles. The van der Waals surface area contributed by atoms with E-state index in [0.29, 0.717) is 0 Å². The highest BCUT2D eigenvalue weighted by atomic mass is 15.1. The summed E-state index contributed by atoms with van der Waals surface area (Å²) in [5, 5.41) is 5.04. The number of anilines is 3. The summed E-state index contributed by atoms with van der Waals surface area (Å²) in [5.41, 5.74) is 14.1. The van der Waals surface area contributed by atoms with Crippen LogP contribution in [0.4, 0.5) is 17.1 Å². The van der Waals surface area contributed by atoms with Crippen LogP contribution in [-0.4, -0.2) is 4.57 Å². The molecule has 54 heavy (non-hydrogen) atoms. The largest absolute Gasteiger partial charge is 0.311 e. The predicted octanol–water partition coefficient (Wildman–Crippen LogP) is 14.4. The number of hydrogen-bond acceptors (Lipinski definition) is 1. The molecule has 2 heteroatoms. The van der Waals surface area contributed by atoms with E-state index in [1.54, 1.807) is 0 Å². The fraction of sp³-hybridized carbons (Fsp3) is 0. The minimum Gasteiger partial charge on any atom is -0.311 e. The first kappa shape index (κ1) is 31.6. The third-order valence-corrected chi connectivity index (χ3v) is 10.6. The zero-order valence-corrected chi connectivity index (χ0v) is 29.7. The summed E-state index contributed by atoms with van der Waals surface area (Å²) < 4.78 is 2.41. The van der Waals surface area contributed by atoms with Gasteiger partial charge in [-0.3, -0.25) is 0 Å². The molecule has 0 spiro atoms. The Labute approximate surface area is 315 Å². The van der Waals surface area contributed by atoms with Crippen molar-refractivity contribution >= 4 is 49.6 Å². The van der Waals surface area contributed by atoms with Crippen molar-refractivity contribution in [2.45, 2.75) is 0 Å². The van der Waals surface area contributed by atoms with Crippen molar-refractivity contribution in [3.63, 3.8) is 0 Å². The molecule has 10 rings (SSSR count). The van der Waals surface area contributed by atoms with Crippen LogP contribution in [0.3, 0.4) is 0 Å². The van der Waals surface area contributed by atoms with Crippen molar-refractivity contribution in [3.8, 4) is 39.1 Å². The predicted molar refractivity (Wildman–Crippen MR) is 229 cm³/mol. The Morgan fingerprint density at radius 2 is 0.704 bits per heavy atom. The summed E-state index contributed by atoms with van der Waals surface area (Å²) >= 11 is 0. The average molecular weight is 689 g/mol. The van der Waals surface area contributed by atoms with Crippen molar-refractivity contribution in [2.75, 3.05) is 4.90 Å². The Morgan fingerprint density at radius 3 is 1.33 bits per heavy atom. The highest BCUT2D eigenvalue weighted by Crippen LogP contribution is 2.40. The third kappa shape index (κ3) is 5.53. The van der Waals surface area contributed by atoms with Gasteiger partial charge in [0.25, 0.3) is 0 Å². The molecular formula is C52H36N2. The van der Waals surface area contributed by atoms with Gasteiger partial charge in [0.05, 0.1) is 16.7 Å². The van der Waals surface area contributed by atoms with Crippen LogP contribution in [0.5, 0.6) is 0 Å². The standard InChI is InChI=1S/C52H36N2/c1-2-13-37(14-3-1)38-25-31-42(32-26-38)53(43-33-27-40(28-34-43)46-21-12-16-39-15-4-5-17-45(39)46)44-35-29-41(30-36-44)47-18-6-9-22-50(47)54-51-23-10-7-19-48(51)49-20-8-11-24-52(49)54/h1-36H. The molecule has 0 aliphatic rings. The lowest BCUT2D eigenvalue weighted by atomic mass is 9.98. The molecule has 254 valence electrons. The molecule has 10 aromatic rings. The molecule has 0 amide bonds. The zero-order chi connectivity index (χ0) is 35.8. The van der Waals surface area contributed by atoms with Gasteiger partial charge in [0.15, 0.2) is 0 Å². The van der Waals surface area contributed by atoms with E-state index < -0.39 is 0 Å². The van der Waals surface area contributed by atoms with Gasteiger partial charge in [-0.25, -0.2) is 0 Å². The molecule has 0 saturated carbocycles. The Bertz CT molecular complexity index is 2840. The average Bonchev–Trinajstić information content (AvgIpc) is 3.59. The number of aromatic nitrogens is 1. The maximum atomic E-state index is 2.41. The van der Waals surface area contributed by atoms with Crippen LogP contribution in [0, 0.1) is 0 Å². The quantitative estimate of drug-likeness (QED) is 0.162. The van der Waals surface area contributed by atoms with E-state index >= 15 is 0 Å². The molecule has 0 aliphatic carbocycles. The topological polar surface area (TPSA) is 8.17 Å². The summed E-state index contributed by atoms with van der Waals surface area (Å²) in [6.45, 7) is 0. The molecular weight excluding hydrogens is 653 g/mol. The molecule has 9 aromatic carbocycles. The molecule has 0 radical (unpaired) electrons. The number of fused-ring (bicyclic) bond motifs is 4. The van der Waals surface area contributed by atoms with E-state index in [1.807, 2.05) is 0 Å². The molecule has 0 aliphatic heterocycles. The molecule has 0 fully saturated rings. The van der Waals surface area contributed by atoms with Crippen molar-refractivity contribution in [2.24, 2.45) is 0 Å². The first-order chi connectivity index (χ1) is 26.8. The molecule has 0 bridgehead atoms. The fourth-order valence-corrected chi connectivity index (χ4v) is 8.03. The molecule has 1 heterocycles. The third-order valence-electron chi connectivity index (χ3n) is 10.6. The van der Waals surface area contributed by atoms with Gasteiger partial charge >= 0.3 is 0 Å². The smallest absolute Gasteiger partial charge is 0.0541 e. The second-order valence-corrected chi connectivity index (χ2v) is 13.8. The van der Waals surface area contributed by atoms with Crippen LogP contribution in [0.1, 0.15) is 0 Å². The molecule has 0 atom stereocenters. The number of benzene rings is 9. The van der Waals surface area contributed by atoms with E-state index in [9.17, 15) is 0 Å². The zero-order valence-electron chi connectivity index (χ0n) is 29.7. The number of para-hydroxylation sites is 3. The summed E-state index contributed by atoms with van der Waals surface area (Å²) in [6, 6.07) is 78.8. The van der Waals surface area contributed by atoms with Crippen molar-refractivity contribution in [3.05, 3.63) is 218 Å². The summed E-state index contributed by atoms with van der Waals surface area (Å²) in [6.07, 6.45) is 0. The SMILES string of the molecule is c1ccc(-c2ccc(N(c3ccc(-c4ccccc4-n4c5ccccc5c5ccccc54)cc3)c3ccc(-c4cccc5ccccc45)cc3)cc2)cc1. The van der Waals surface area contributed by atoms with Crippen molar-refractivity contribution in [1.29, 1.82) is 0 Å². The van der Waals surface area contributed by atoms with Gasteiger partial charge in [0.1, 0.15) is 0 Å². The van der Waals surface area contributed by atoms with Gasteiger partial charge < -0.3 is 9.47 Å². The van der Waals surface area contributed by atoms with Crippen molar-refractivity contribution < 1.29 is 0 Å². The number of hydrogen-bond donors (Lipinski definition) is 0. The van der Waals surface area contributed by atoms with Gasteiger partial charge in [0, 0.05) is 33.4 Å². The summed E-state index contributed by atoms with van der Waals surface area (Å²) in [4.78, 5) is 2.35. The second kappa shape index (κ2) is 13.4. The Balaban J connectivity index is 1.06. The second-order valence-electron chi connectivity index (χ2n) is 13.8. The molecule has 2 nitrogen and oxygen atoms in total. The van der Waals surface area contributed by atoms with E-state index in [-0.39, 0.29) is 0 Å². The van der Waals surface area contributed by atoms with Gasteiger partial charge in [-0.05, 0) is 93.2 Å². The van der Waals surface area contributed by atoms with Crippen LogP contribution in [0.25, 0.3) is 71.6 Å². The van der Waals surface area contributed by atoms with E-state index in [2.05, 4.69) is 228 Å². The van der Waals surface area contributed by atoms with Gasteiger partial charge in [-0.15, -0.1) is 0 Å². The molecule has 0 N–H and O–H groups in total. The van der Waals surface area contributed by atoms with Gasteiger partial charge in [-0.2, -0.15) is 0 Å². The monoisotopic (exact) mass is 688 g/mol. The van der Waals surface area contributed by atoms with Gasteiger partial charge in [-0.1, -0.05) is 164 Å². The van der Waals surface area contributed by atoms with E-state index in [1.165, 1.54) is 71.6 Å². The number of rotatable bonds is 7. The van der Waals surface area contributed by atoms with Gasteiger partial charge in [0.2, 0.25) is 0 Å². The lowest BCUT2D eigenvalue weighted by Crippen LogP contribution is -2.09. The normalized spacial score (nSPS) is 11.3. The first-order valence-corrected chi connectivity index (χ1v) is 18.5. The maximum Gasteiger partial charge on any atom is 0.0541 e. The maximum absolute atomic E-state index is 2.41. The lowest BCUT2D eigenvalue weighted by Gasteiger charge is -2.26. The Kier molecular flexibility index (Phi) is 7.85. The summed E-state index contributed by atoms with van der Waals surface area (Å²) in [7, 11) is 0. The highest BCUT2D eigenvalue weighted by molar-refractivity contribution is 6.09. The van der Waals surface area contributed by atoms with Crippen LogP contribution >= 0.6 is 0 Å². The van der Waals surface area contributed by atoms with Crippen LogP contribution < -0.4 is 4.90 Å². The van der Waals surface area contributed by atoms with E-state index in [4.69, 9.17) is 0 Å². The summed E-state index contributed by atoms with van der Waals surface area (Å²) in [5.74, 6) is 0. The van der Waals surface area contributed by atoms with Crippen LogP contribution in [-0.2, 0) is 0 Å². The lowest BCUT2D eigenvalue weighted by molar-refractivity contribution is 1.18. The molecule has 0 saturated heterocycles.